The second-order valence-electron chi connectivity index (χ2n) is 4.82. The first-order valence-corrected chi connectivity index (χ1v) is 7.15. The lowest BCUT2D eigenvalue weighted by atomic mass is 10.4. The van der Waals surface area contributed by atoms with Crippen LogP contribution in [0.4, 0.5) is 0 Å². The van der Waals surface area contributed by atoms with Crippen LogP contribution in [-0.4, -0.2) is 85.6 Å². The van der Waals surface area contributed by atoms with E-state index in [1.165, 1.54) is 0 Å². The first kappa shape index (κ1) is 16.8. The molecule has 2 saturated heterocycles. The number of aliphatic hydroxyl groups excluding tert-OH is 2. The van der Waals surface area contributed by atoms with Crippen molar-refractivity contribution >= 4 is 0 Å². The lowest BCUT2D eigenvalue weighted by Gasteiger charge is -2.17. The summed E-state index contributed by atoms with van der Waals surface area (Å²) in [6.45, 7) is 9.03. The third-order valence-corrected chi connectivity index (χ3v) is 3.31. The quantitative estimate of drug-likeness (QED) is 0.695. The zero-order chi connectivity index (χ0) is 13.9. The van der Waals surface area contributed by atoms with E-state index in [2.05, 4.69) is 9.80 Å². The topological polar surface area (TPSA) is 65.4 Å². The largest absolute Gasteiger partial charge is 0.396 e. The Bertz CT molecular complexity index is 213. The average Bonchev–Trinajstić information content (AvgIpc) is 3.06. The van der Waals surface area contributed by atoms with Crippen LogP contribution in [0.2, 0.25) is 0 Å². The molecule has 0 aromatic heterocycles. The molecule has 2 heterocycles. The smallest absolute Gasteiger partial charge is 0.107 e. The minimum absolute atomic E-state index is 0.256. The summed E-state index contributed by atoms with van der Waals surface area (Å²) in [5, 5.41) is 17.0. The van der Waals surface area contributed by atoms with Crippen molar-refractivity contribution in [2.45, 2.75) is 26.0 Å². The molecule has 2 fully saturated rings. The van der Waals surface area contributed by atoms with Crippen molar-refractivity contribution in [2.75, 3.05) is 59.3 Å². The van der Waals surface area contributed by atoms with Gasteiger partial charge in [0.05, 0.1) is 19.9 Å². The summed E-state index contributed by atoms with van der Waals surface area (Å²) in [5.74, 6) is 0. The number of hydrogen-bond acceptors (Lipinski definition) is 6. The van der Waals surface area contributed by atoms with Crippen LogP contribution in [0, 0.1) is 0 Å². The Kier molecular flexibility index (Phi) is 9.32. The highest BCUT2D eigenvalue weighted by Gasteiger charge is 2.19. The van der Waals surface area contributed by atoms with Crippen molar-refractivity contribution in [1.82, 2.24) is 9.80 Å². The third kappa shape index (κ3) is 7.20. The minimum Gasteiger partial charge on any atom is -0.396 e. The van der Waals surface area contributed by atoms with E-state index in [0.717, 1.165) is 59.0 Å². The number of nitrogens with zero attached hydrogens (tertiary/aromatic N) is 2. The molecular weight excluding hydrogens is 248 g/mol. The molecule has 0 aromatic carbocycles. The van der Waals surface area contributed by atoms with Crippen molar-refractivity contribution in [3.8, 4) is 0 Å². The Morgan fingerprint density at radius 2 is 1.79 bits per heavy atom. The lowest BCUT2D eigenvalue weighted by molar-refractivity contribution is 0.0469. The van der Waals surface area contributed by atoms with E-state index < -0.39 is 0 Å². The van der Waals surface area contributed by atoms with Gasteiger partial charge in [0.1, 0.15) is 6.23 Å². The van der Waals surface area contributed by atoms with E-state index in [1.54, 1.807) is 0 Å². The molecule has 1 atom stereocenters. The van der Waals surface area contributed by atoms with Gasteiger partial charge in [0.2, 0.25) is 0 Å². The van der Waals surface area contributed by atoms with Crippen molar-refractivity contribution in [2.24, 2.45) is 0 Å². The third-order valence-electron chi connectivity index (χ3n) is 3.31. The normalized spacial score (nSPS) is 24.5. The molecule has 6 nitrogen and oxygen atoms in total. The highest BCUT2D eigenvalue weighted by Crippen LogP contribution is 2.08. The number of aliphatic hydroxyl groups is 2. The van der Waals surface area contributed by atoms with Gasteiger partial charge in [0.15, 0.2) is 0 Å². The minimum atomic E-state index is 0.256. The van der Waals surface area contributed by atoms with Crippen molar-refractivity contribution < 1.29 is 19.7 Å². The fourth-order valence-corrected chi connectivity index (χ4v) is 2.12. The molecule has 0 bridgehead atoms. The van der Waals surface area contributed by atoms with Crippen LogP contribution in [0.3, 0.4) is 0 Å². The summed E-state index contributed by atoms with van der Waals surface area (Å²) in [6, 6.07) is 0. The second kappa shape index (κ2) is 10.5. The van der Waals surface area contributed by atoms with Gasteiger partial charge in [-0.1, -0.05) is 0 Å². The van der Waals surface area contributed by atoms with Gasteiger partial charge in [0, 0.05) is 39.4 Å². The monoisotopic (exact) mass is 276 g/mol. The van der Waals surface area contributed by atoms with Gasteiger partial charge < -0.3 is 19.7 Å². The van der Waals surface area contributed by atoms with Gasteiger partial charge in [-0.2, -0.15) is 0 Å². The summed E-state index contributed by atoms with van der Waals surface area (Å²) >= 11 is 0. The zero-order valence-corrected chi connectivity index (χ0v) is 12.0. The fourth-order valence-electron chi connectivity index (χ4n) is 2.12. The second-order valence-corrected chi connectivity index (χ2v) is 4.82. The highest BCUT2D eigenvalue weighted by atomic mass is 16.5. The Morgan fingerprint density at radius 3 is 2.32 bits per heavy atom. The van der Waals surface area contributed by atoms with Gasteiger partial charge in [0.25, 0.3) is 0 Å². The Labute approximate surface area is 115 Å². The Balaban J connectivity index is 0.000000191. The van der Waals surface area contributed by atoms with Crippen LogP contribution < -0.4 is 0 Å². The molecule has 0 radical (unpaired) electrons. The van der Waals surface area contributed by atoms with Gasteiger partial charge in [-0.05, 0) is 19.8 Å². The lowest BCUT2D eigenvalue weighted by Crippen LogP contribution is -2.29. The van der Waals surface area contributed by atoms with Crippen LogP contribution >= 0.6 is 0 Å². The molecule has 0 amide bonds. The SMILES string of the molecule is CC1OCCN1CCCO.OCCCN1CCOC1. The van der Waals surface area contributed by atoms with Crippen molar-refractivity contribution in [3.63, 3.8) is 0 Å². The molecule has 114 valence electrons. The van der Waals surface area contributed by atoms with Crippen LogP contribution in [0.1, 0.15) is 19.8 Å². The zero-order valence-electron chi connectivity index (χ0n) is 12.0. The number of hydrogen-bond donors (Lipinski definition) is 2. The predicted molar refractivity (Wildman–Crippen MR) is 72.8 cm³/mol. The fraction of sp³-hybridized carbons (Fsp3) is 1.00. The summed E-state index contributed by atoms with van der Waals surface area (Å²) in [6.07, 6.45) is 1.98. The Morgan fingerprint density at radius 1 is 1.05 bits per heavy atom. The highest BCUT2D eigenvalue weighted by molar-refractivity contribution is 4.65. The standard InChI is InChI=1S/C7H15NO2.C6H13NO2/c1-7-8(3-2-5-9)4-6-10-7;8-4-1-2-7-3-5-9-6-7/h7,9H,2-6H2,1H3;8H,1-6H2. The maximum atomic E-state index is 8.55. The average molecular weight is 276 g/mol. The van der Waals surface area contributed by atoms with Crippen LogP contribution in [0.15, 0.2) is 0 Å². The molecule has 19 heavy (non-hydrogen) atoms. The molecule has 2 aliphatic heterocycles. The molecule has 1 unspecified atom stereocenters. The van der Waals surface area contributed by atoms with E-state index in [0.29, 0.717) is 0 Å². The van der Waals surface area contributed by atoms with Crippen LogP contribution in [0.5, 0.6) is 0 Å². The molecule has 0 aliphatic carbocycles. The Hall–Kier alpha value is -0.240. The maximum absolute atomic E-state index is 8.55. The number of ether oxygens (including phenoxy) is 2. The van der Waals surface area contributed by atoms with Gasteiger partial charge in [-0.3, -0.25) is 9.80 Å². The molecule has 2 N–H and O–H groups in total. The summed E-state index contributed by atoms with van der Waals surface area (Å²) < 4.78 is 10.4. The molecule has 0 saturated carbocycles. The summed E-state index contributed by atoms with van der Waals surface area (Å²) in [4.78, 5) is 4.42. The van der Waals surface area contributed by atoms with Crippen LogP contribution in [-0.2, 0) is 9.47 Å². The van der Waals surface area contributed by atoms with E-state index in [4.69, 9.17) is 19.7 Å². The van der Waals surface area contributed by atoms with E-state index in [-0.39, 0.29) is 19.4 Å². The van der Waals surface area contributed by atoms with E-state index in [9.17, 15) is 0 Å². The molecular formula is C13H28N2O4. The molecule has 2 rings (SSSR count). The van der Waals surface area contributed by atoms with Crippen molar-refractivity contribution in [1.29, 1.82) is 0 Å². The summed E-state index contributed by atoms with van der Waals surface area (Å²) in [7, 11) is 0. The van der Waals surface area contributed by atoms with E-state index in [1.807, 2.05) is 6.92 Å². The first-order chi connectivity index (χ1) is 9.27. The molecule has 6 heteroatoms. The van der Waals surface area contributed by atoms with Crippen LogP contribution in [0.25, 0.3) is 0 Å². The predicted octanol–water partition coefficient (Wildman–Crippen LogP) is -0.294. The molecule has 0 aromatic rings. The van der Waals surface area contributed by atoms with Gasteiger partial charge in [-0.15, -0.1) is 0 Å². The first-order valence-electron chi connectivity index (χ1n) is 7.15. The van der Waals surface area contributed by atoms with E-state index >= 15 is 0 Å². The number of rotatable bonds is 6. The molecule has 2 aliphatic rings. The van der Waals surface area contributed by atoms with Crippen molar-refractivity contribution in [3.05, 3.63) is 0 Å². The van der Waals surface area contributed by atoms with Gasteiger partial charge >= 0.3 is 0 Å². The summed E-state index contributed by atoms with van der Waals surface area (Å²) in [5.41, 5.74) is 0. The maximum Gasteiger partial charge on any atom is 0.107 e. The molecule has 0 spiro atoms. The van der Waals surface area contributed by atoms with Gasteiger partial charge in [-0.25, -0.2) is 0 Å².